The third kappa shape index (κ3) is 5.71. The first-order valence-electron chi connectivity index (χ1n) is 9.10. The van der Waals surface area contributed by atoms with E-state index in [-0.39, 0.29) is 42.9 Å². The Bertz CT molecular complexity index is 799. The number of carbonyl (C=O) groups is 2. The molecule has 3 rings (SSSR count). The van der Waals surface area contributed by atoms with E-state index in [1.165, 1.54) is 0 Å². The van der Waals surface area contributed by atoms with Crippen molar-refractivity contribution in [2.45, 2.75) is 32.5 Å². The number of halogens is 1. The average Bonchev–Trinajstić information content (AvgIpc) is 2.63. The van der Waals surface area contributed by atoms with Crippen LogP contribution in [0.1, 0.15) is 29.8 Å². The molecule has 1 fully saturated rings. The summed E-state index contributed by atoms with van der Waals surface area (Å²) in [5.41, 5.74) is 8.48. The van der Waals surface area contributed by atoms with Crippen LogP contribution >= 0.6 is 12.4 Å². The molecule has 1 aliphatic heterocycles. The normalized spacial score (nSPS) is 18.9. The van der Waals surface area contributed by atoms with Gasteiger partial charge in [0.2, 0.25) is 5.91 Å². The number of rotatable bonds is 4. The Labute approximate surface area is 171 Å². The molecule has 0 radical (unpaired) electrons. The number of hydrogen-bond donors (Lipinski definition) is 2. The molecule has 7 heteroatoms. The van der Waals surface area contributed by atoms with Crippen LogP contribution in [-0.4, -0.2) is 42.0 Å². The monoisotopic (exact) mass is 403 g/mol. The van der Waals surface area contributed by atoms with Crippen molar-refractivity contribution >= 4 is 35.6 Å². The van der Waals surface area contributed by atoms with Crippen LogP contribution in [0.15, 0.2) is 48.5 Å². The minimum absolute atomic E-state index is 0. The molecule has 1 heterocycles. The first-order valence-corrected chi connectivity index (χ1v) is 9.10. The van der Waals surface area contributed by atoms with Gasteiger partial charge in [-0.05, 0) is 55.8 Å². The molecule has 6 nitrogen and oxygen atoms in total. The molecule has 1 aliphatic rings. The smallest absolute Gasteiger partial charge is 0.254 e. The lowest BCUT2D eigenvalue weighted by Crippen LogP contribution is -2.48. The minimum atomic E-state index is -0.116. The van der Waals surface area contributed by atoms with Crippen molar-refractivity contribution in [3.63, 3.8) is 0 Å². The molecule has 0 aliphatic carbocycles. The lowest BCUT2D eigenvalue weighted by atomic mass is 10.1. The third-order valence-electron chi connectivity index (χ3n) is 4.47. The van der Waals surface area contributed by atoms with E-state index in [9.17, 15) is 9.59 Å². The van der Waals surface area contributed by atoms with Crippen molar-refractivity contribution in [2.75, 3.05) is 24.1 Å². The summed E-state index contributed by atoms with van der Waals surface area (Å²) in [7, 11) is 0. The van der Waals surface area contributed by atoms with Gasteiger partial charge in [0.25, 0.3) is 5.91 Å². The molecule has 2 atom stereocenters. The van der Waals surface area contributed by atoms with E-state index < -0.39 is 0 Å². The predicted molar refractivity (Wildman–Crippen MR) is 113 cm³/mol. The van der Waals surface area contributed by atoms with Gasteiger partial charge in [-0.1, -0.05) is 12.1 Å². The zero-order valence-corrected chi connectivity index (χ0v) is 16.9. The number of carbonyl (C=O) groups excluding carboxylic acids is 2. The fourth-order valence-corrected chi connectivity index (χ4v) is 3.25. The van der Waals surface area contributed by atoms with Crippen molar-refractivity contribution in [2.24, 2.45) is 0 Å². The van der Waals surface area contributed by atoms with E-state index >= 15 is 0 Å². The summed E-state index contributed by atoms with van der Waals surface area (Å²) in [6, 6.07) is 14.2. The van der Waals surface area contributed by atoms with Crippen LogP contribution in [0.2, 0.25) is 0 Å². The standard InChI is InChI=1S/C21H25N3O3.ClH/c1-14-12-24(13-15(2)27-14)21(26)17-5-9-19(10-6-17)23-20(25)11-16-3-7-18(22)8-4-16;/h3-10,14-15H,11-13,22H2,1-2H3,(H,23,25);1H. The number of benzene rings is 2. The lowest BCUT2D eigenvalue weighted by Gasteiger charge is -2.35. The maximum atomic E-state index is 12.7. The number of hydrogen-bond acceptors (Lipinski definition) is 4. The zero-order valence-electron chi connectivity index (χ0n) is 16.1. The number of amides is 2. The number of nitrogens with one attached hydrogen (secondary N) is 1. The maximum absolute atomic E-state index is 12.7. The van der Waals surface area contributed by atoms with Gasteiger partial charge in [-0.25, -0.2) is 0 Å². The number of ether oxygens (including phenoxy) is 1. The Kier molecular flexibility index (Phi) is 7.43. The Hall–Kier alpha value is -2.57. The van der Waals surface area contributed by atoms with Crippen molar-refractivity contribution in [1.29, 1.82) is 0 Å². The second kappa shape index (κ2) is 9.57. The van der Waals surface area contributed by atoms with Gasteiger partial charge in [0, 0.05) is 30.0 Å². The molecule has 2 unspecified atom stereocenters. The van der Waals surface area contributed by atoms with Crippen LogP contribution in [-0.2, 0) is 16.0 Å². The third-order valence-corrected chi connectivity index (χ3v) is 4.47. The highest BCUT2D eigenvalue weighted by Crippen LogP contribution is 2.17. The SMILES string of the molecule is CC1CN(C(=O)c2ccc(NC(=O)Cc3ccc(N)cc3)cc2)CC(C)O1.Cl. The summed E-state index contributed by atoms with van der Waals surface area (Å²) in [6.07, 6.45) is 0.332. The molecule has 3 N–H and O–H groups in total. The quantitative estimate of drug-likeness (QED) is 0.768. The highest BCUT2D eigenvalue weighted by Gasteiger charge is 2.26. The highest BCUT2D eigenvalue weighted by atomic mass is 35.5. The van der Waals surface area contributed by atoms with Crippen LogP contribution in [0.3, 0.4) is 0 Å². The molecule has 2 aromatic rings. The van der Waals surface area contributed by atoms with Gasteiger partial charge in [-0.3, -0.25) is 9.59 Å². The van der Waals surface area contributed by atoms with Crippen LogP contribution in [0, 0.1) is 0 Å². The van der Waals surface area contributed by atoms with E-state index in [2.05, 4.69) is 5.32 Å². The highest BCUT2D eigenvalue weighted by molar-refractivity contribution is 5.96. The minimum Gasteiger partial charge on any atom is -0.399 e. The number of nitrogens with two attached hydrogens (primary N) is 1. The molecule has 150 valence electrons. The Morgan fingerprint density at radius 2 is 1.61 bits per heavy atom. The fraction of sp³-hybridized carbons (Fsp3) is 0.333. The van der Waals surface area contributed by atoms with E-state index in [1.807, 2.05) is 30.9 Å². The zero-order chi connectivity index (χ0) is 19.4. The van der Waals surface area contributed by atoms with Gasteiger partial charge in [-0.2, -0.15) is 0 Å². The molecule has 2 amide bonds. The van der Waals surface area contributed by atoms with Gasteiger partial charge in [-0.15, -0.1) is 12.4 Å². The molecule has 0 spiro atoms. The van der Waals surface area contributed by atoms with Gasteiger partial charge in [0.15, 0.2) is 0 Å². The summed E-state index contributed by atoms with van der Waals surface area (Å²) in [4.78, 5) is 26.7. The number of morpholine rings is 1. The van der Waals surface area contributed by atoms with Gasteiger partial charge in [0.05, 0.1) is 18.6 Å². The summed E-state index contributed by atoms with van der Waals surface area (Å²) < 4.78 is 5.67. The molecule has 1 saturated heterocycles. The molecular formula is C21H26ClN3O3. The molecule has 0 saturated carbocycles. The molecular weight excluding hydrogens is 378 g/mol. The number of anilines is 2. The van der Waals surface area contributed by atoms with Crippen molar-refractivity contribution < 1.29 is 14.3 Å². The van der Waals surface area contributed by atoms with E-state index in [0.29, 0.717) is 30.0 Å². The van der Waals surface area contributed by atoms with E-state index in [1.54, 1.807) is 36.4 Å². The summed E-state index contributed by atoms with van der Waals surface area (Å²) in [5.74, 6) is -0.133. The van der Waals surface area contributed by atoms with Crippen LogP contribution in [0.4, 0.5) is 11.4 Å². The molecule has 28 heavy (non-hydrogen) atoms. The van der Waals surface area contributed by atoms with Crippen molar-refractivity contribution in [3.05, 3.63) is 59.7 Å². The molecule has 2 aromatic carbocycles. The van der Waals surface area contributed by atoms with Crippen LogP contribution in [0.5, 0.6) is 0 Å². The Balaban J connectivity index is 0.00000280. The fourth-order valence-electron chi connectivity index (χ4n) is 3.25. The van der Waals surface area contributed by atoms with Gasteiger partial charge in [0.1, 0.15) is 0 Å². The second-order valence-corrected chi connectivity index (χ2v) is 7.01. The Morgan fingerprint density at radius 3 is 2.18 bits per heavy atom. The average molecular weight is 404 g/mol. The van der Waals surface area contributed by atoms with Crippen LogP contribution < -0.4 is 11.1 Å². The maximum Gasteiger partial charge on any atom is 0.254 e. The topological polar surface area (TPSA) is 84.7 Å². The first kappa shape index (κ1) is 21.7. The van der Waals surface area contributed by atoms with E-state index in [0.717, 1.165) is 5.56 Å². The van der Waals surface area contributed by atoms with Crippen molar-refractivity contribution in [1.82, 2.24) is 4.90 Å². The first-order chi connectivity index (χ1) is 12.9. The summed E-state index contributed by atoms with van der Waals surface area (Å²) in [6.45, 7) is 5.11. The van der Waals surface area contributed by atoms with Crippen LogP contribution in [0.25, 0.3) is 0 Å². The molecule has 0 bridgehead atoms. The molecule has 0 aromatic heterocycles. The van der Waals surface area contributed by atoms with E-state index in [4.69, 9.17) is 10.5 Å². The largest absolute Gasteiger partial charge is 0.399 e. The summed E-state index contributed by atoms with van der Waals surface area (Å²) in [5, 5.41) is 2.85. The number of nitrogens with zero attached hydrogens (tertiary/aromatic N) is 1. The predicted octanol–water partition coefficient (Wildman–Crippen LogP) is 3.12. The van der Waals surface area contributed by atoms with Crippen molar-refractivity contribution in [3.8, 4) is 0 Å². The Morgan fingerprint density at radius 1 is 1.04 bits per heavy atom. The van der Waals surface area contributed by atoms with Gasteiger partial charge < -0.3 is 20.7 Å². The summed E-state index contributed by atoms with van der Waals surface area (Å²) >= 11 is 0. The van der Waals surface area contributed by atoms with Gasteiger partial charge >= 0.3 is 0 Å². The lowest BCUT2D eigenvalue weighted by molar-refractivity contribution is -0.115. The number of nitrogen functional groups attached to an aromatic ring is 1. The second-order valence-electron chi connectivity index (χ2n) is 7.01.